The number of carbonyl (C=O) groups is 1. The summed E-state index contributed by atoms with van der Waals surface area (Å²) in [4.78, 5) is 21.0. The largest absolute Gasteiger partial charge is 0.491 e. The number of aliphatic imine (C=N–C) groups is 1. The predicted molar refractivity (Wildman–Crippen MR) is 138 cm³/mol. The van der Waals surface area contributed by atoms with Gasteiger partial charge in [0.05, 0.1) is 12.6 Å². The van der Waals surface area contributed by atoms with Gasteiger partial charge in [0, 0.05) is 44.0 Å². The van der Waals surface area contributed by atoms with Gasteiger partial charge in [0.15, 0.2) is 5.96 Å². The van der Waals surface area contributed by atoms with Crippen molar-refractivity contribution >= 4 is 47.2 Å². The maximum absolute atomic E-state index is 12.5. The lowest BCUT2D eigenvalue weighted by atomic mass is 10.2. The standard InChI is InChI=1S/C23H31N5O2.HI/c1-18(2)30-21-10-8-19(9-11-21)26-23(24)25-13-12-22(29)28-16-14-27(15-17-28)20-6-4-3-5-7-20;/h3-11,18H,12-17H2,1-2H3,(H3,24,25,26);1H. The normalized spacial score (nSPS) is 14.2. The molecule has 7 nitrogen and oxygen atoms in total. The molecule has 1 saturated heterocycles. The van der Waals surface area contributed by atoms with Crippen molar-refractivity contribution in [3.05, 3.63) is 54.6 Å². The highest BCUT2D eigenvalue weighted by atomic mass is 127. The Morgan fingerprint density at radius 1 is 1.06 bits per heavy atom. The van der Waals surface area contributed by atoms with Gasteiger partial charge in [0.1, 0.15) is 5.75 Å². The Hall–Kier alpha value is -2.49. The Morgan fingerprint density at radius 3 is 2.32 bits per heavy atom. The van der Waals surface area contributed by atoms with E-state index in [1.165, 1.54) is 5.69 Å². The number of anilines is 2. The number of rotatable bonds is 7. The van der Waals surface area contributed by atoms with Crippen LogP contribution in [0.1, 0.15) is 20.3 Å². The molecule has 1 fully saturated rings. The molecule has 2 aromatic carbocycles. The molecule has 0 saturated carbocycles. The molecule has 168 valence electrons. The molecule has 1 aliphatic heterocycles. The monoisotopic (exact) mass is 537 g/mol. The SMILES string of the molecule is CC(C)Oc1ccc(NC(N)=NCCC(=O)N2CCN(c3ccccc3)CC2)cc1.I. The van der Waals surface area contributed by atoms with Gasteiger partial charge < -0.3 is 25.6 Å². The van der Waals surface area contributed by atoms with E-state index >= 15 is 0 Å². The second-order valence-electron chi connectivity index (χ2n) is 7.54. The highest BCUT2D eigenvalue weighted by molar-refractivity contribution is 14.0. The molecule has 0 bridgehead atoms. The van der Waals surface area contributed by atoms with Crippen LogP contribution in [0.2, 0.25) is 0 Å². The van der Waals surface area contributed by atoms with Crippen LogP contribution in [0.5, 0.6) is 5.75 Å². The van der Waals surface area contributed by atoms with Crippen LogP contribution in [0.15, 0.2) is 59.6 Å². The van der Waals surface area contributed by atoms with Crippen molar-refractivity contribution in [3.8, 4) is 5.75 Å². The molecule has 0 spiro atoms. The number of halogens is 1. The number of benzene rings is 2. The van der Waals surface area contributed by atoms with Crippen LogP contribution < -0.4 is 20.7 Å². The fourth-order valence-corrected chi connectivity index (χ4v) is 3.36. The third-order valence-electron chi connectivity index (χ3n) is 4.86. The number of hydrogen-bond acceptors (Lipinski definition) is 4. The number of piperazine rings is 1. The van der Waals surface area contributed by atoms with Gasteiger partial charge in [-0.25, -0.2) is 0 Å². The average molecular weight is 537 g/mol. The van der Waals surface area contributed by atoms with Gasteiger partial charge in [-0.15, -0.1) is 24.0 Å². The first kappa shape index (κ1) is 24.8. The number of para-hydroxylation sites is 1. The summed E-state index contributed by atoms with van der Waals surface area (Å²) in [5.74, 6) is 1.23. The molecular formula is C23H32IN5O2. The summed E-state index contributed by atoms with van der Waals surface area (Å²) < 4.78 is 5.62. The van der Waals surface area contributed by atoms with Crippen molar-refractivity contribution in [2.45, 2.75) is 26.4 Å². The topological polar surface area (TPSA) is 83.2 Å². The molecule has 0 unspecified atom stereocenters. The molecule has 1 amide bonds. The van der Waals surface area contributed by atoms with E-state index in [1.54, 1.807) is 0 Å². The molecule has 2 aromatic rings. The Morgan fingerprint density at radius 2 is 1.71 bits per heavy atom. The van der Waals surface area contributed by atoms with E-state index in [9.17, 15) is 4.79 Å². The van der Waals surface area contributed by atoms with Gasteiger partial charge in [-0.1, -0.05) is 18.2 Å². The van der Waals surface area contributed by atoms with E-state index in [0.717, 1.165) is 37.6 Å². The summed E-state index contributed by atoms with van der Waals surface area (Å²) in [5, 5.41) is 3.04. The lowest BCUT2D eigenvalue weighted by Crippen LogP contribution is -2.48. The second kappa shape index (κ2) is 12.4. The molecular weight excluding hydrogens is 505 g/mol. The summed E-state index contributed by atoms with van der Waals surface area (Å²) in [6.07, 6.45) is 0.490. The average Bonchev–Trinajstić information content (AvgIpc) is 2.75. The van der Waals surface area contributed by atoms with Crippen molar-refractivity contribution in [1.82, 2.24) is 4.90 Å². The molecule has 0 atom stereocenters. The molecule has 0 aromatic heterocycles. The van der Waals surface area contributed by atoms with Gasteiger partial charge in [-0.3, -0.25) is 9.79 Å². The Balaban J connectivity index is 0.00000341. The predicted octanol–water partition coefficient (Wildman–Crippen LogP) is 3.56. The van der Waals surface area contributed by atoms with E-state index in [-0.39, 0.29) is 36.0 Å². The number of nitrogens with two attached hydrogens (primary N) is 1. The number of carbonyl (C=O) groups excluding carboxylic acids is 1. The van der Waals surface area contributed by atoms with E-state index in [2.05, 4.69) is 27.3 Å². The highest BCUT2D eigenvalue weighted by Gasteiger charge is 2.20. The Bertz CT molecular complexity index is 835. The number of guanidine groups is 1. The van der Waals surface area contributed by atoms with Crippen molar-refractivity contribution in [1.29, 1.82) is 0 Å². The van der Waals surface area contributed by atoms with Gasteiger partial charge in [-0.05, 0) is 50.2 Å². The smallest absolute Gasteiger partial charge is 0.224 e. The molecule has 1 aliphatic rings. The molecule has 0 aliphatic carbocycles. The zero-order valence-corrected chi connectivity index (χ0v) is 20.5. The minimum atomic E-state index is 0. The van der Waals surface area contributed by atoms with Crippen LogP contribution in [-0.4, -0.2) is 55.6 Å². The van der Waals surface area contributed by atoms with Crippen LogP contribution in [0, 0.1) is 0 Å². The zero-order chi connectivity index (χ0) is 21.3. The summed E-state index contributed by atoms with van der Waals surface area (Å²) in [6.45, 7) is 7.50. The van der Waals surface area contributed by atoms with Crippen molar-refractivity contribution in [2.75, 3.05) is 42.9 Å². The van der Waals surface area contributed by atoms with Gasteiger partial charge >= 0.3 is 0 Å². The molecule has 3 N–H and O–H groups in total. The minimum Gasteiger partial charge on any atom is -0.491 e. The van der Waals surface area contributed by atoms with Crippen LogP contribution in [0.3, 0.4) is 0 Å². The summed E-state index contributed by atoms with van der Waals surface area (Å²) in [6, 6.07) is 17.8. The first-order chi connectivity index (χ1) is 14.5. The van der Waals surface area contributed by atoms with E-state index in [1.807, 2.05) is 61.2 Å². The maximum Gasteiger partial charge on any atom is 0.224 e. The third kappa shape index (κ3) is 7.93. The summed E-state index contributed by atoms with van der Waals surface area (Å²) in [5.41, 5.74) is 7.98. The van der Waals surface area contributed by atoms with E-state index in [0.29, 0.717) is 18.9 Å². The van der Waals surface area contributed by atoms with Crippen LogP contribution in [-0.2, 0) is 4.79 Å². The molecule has 1 heterocycles. The van der Waals surface area contributed by atoms with Gasteiger partial charge in [0.25, 0.3) is 0 Å². The fraction of sp³-hybridized carbons (Fsp3) is 0.391. The minimum absolute atomic E-state index is 0. The number of ether oxygens (including phenoxy) is 1. The molecule has 31 heavy (non-hydrogen) atoms. The number of nitrogens with zero attached hydrogens (tertiary/aromatic N) is 3. The fourth-order valence-electron chi connectivity index (χ4n) is 3.36. The van der Waals surface area contributed by atoms with E-state index < -0.39 is 0 Å². The lowest BCUT2D eigenvalue weighted by Gasteiger charge is -2.36. The number of amides is 1. The van der Waals surface area contributed by atoms with Gasteiger partial charge in [0.2, 0.25) is 5.91 Å². The first-order valence-corrected chi connectivity index (χ1v) is 10.4. The van der Waals surface area contributed by atoms with Crippen molar-refractivity contribution in [3.63, 3.8) is 0 Å². The van der Waals surface area contributed by atoms with Crippen molar-refractivity contribution in [2.24, 2.45) is 10.7 Å². The Labute approximate surface area is 201 Å². The third-order valence-corrected chi connectivity index (χ3v) is 4.86. The second-order valence-corrected chi connectivity index (χ2v) is 7.54. The quantitative estimate of drug-likeness (QED) is 0.321. The van der Waals surface area contributed by atoms with Crippen molar-refractivity contribution < 1.29 is 9.53 Å². The summed E-state index contributed by atoms with van der Waals surface area (Å²) >= 11 is 0. The van der Waals surface area contributed by atoms with Gasteiger partial charge in [-0.2, -0.15) is 0 Å². The first-order valence-electron chi connectivity index (χ1n) is 10.4. The van der Waals surface area contributed by atoms with Crippen LogP contribution >= 0.6 is 24.0 Å². The molecule has 0 radical (unpaired) electrons. The van der Waals surface area contributed by atoms with Crippen LogP contribution in [0.25, 0.3) is 0 Å². The number of hydrogen-bond donors (Lipinski definition) is 2. The van der Waals surface area contributed by atoms with Crippen LogP contribution in [0.4, 0.5) is 11.4 Å². The molecule has 3 rings (SSSR count). The number of nitrogens with one attached hydrogen (secondary N) is 1. The Kier molecular flexibility index (Phi) is 9.90. The lowest BCUT2D eigenvalue weighted by molar-refractivity contribution is -0.131. The molecule has 8 heteroatoms. The maximum atomic E-state index is 12.5. The zero-order valence-electron chi connectivity index (χ0n) is 18.2. The highest BCUT2D eigenvalue weighted by Crippen LogP contribution is 2.17. The summed E-state index contributed by atoms with van der Waals surface area (Å²) in [7, 11) is 0. The van der Waals surface area contributed by atoms with E-state index in [4.69, 9.17) is 10.5 Å².